The van der Waals surface area contributed by atoms with Gasteiger partial charge in [0.2, 0.25) is 0 Å². The van der Waals surface area contributed by atoms with Crippen LogP contribution in [0.3, 0.4) is 0 Å². The highest BCUT2D eigenvalue weighted by atomic mass is 15.2. The standard InChI is InChI=1S/C14H29N/c1-6-7-8-14(5)9-11-15(12-10-14)13(2,3)4/h6-12H2,1-5H3. The molecule has 0 aromatic heterocycles. The summed E-state index contributed by atoms with van der Waals surface area (Å²) in [5, 5.41) is 0. The van der Waals surface area contributed by atoms with E-state index in [2.05, 4.69) is 39.5 Å². The molecule has 0 saturated carbocycles. The lowest BCUT2D eigenvalue weighted by atomic mass is 9.75. The average Bonchev–Trinajstić information content (AvgIpc) is 2.14. The maximum Gasteiger partial charge on any atom is 0.0125 e. The zero-order chi connectivity index (χ0) is 11.5. The van der Waals surface area contributed by atoms with Gasteiger partial charge in [-0.3, -0.25) is 4.90 Å². The molecule has 15 heavy (non-hydrogen) atoms. The van der Waals surface area contributed by atoms with Crippen molar-refractivity contribution in [2.24, 2.45) is 5.41 Å². The molecule has 0 aromatic rings. The molecule has 1 aliphatic rings. The van der Waals surface area contributed by atoms with Gasteiger partial charge in [0.1, 0.15) is 0 Å². The van der Waals surface area contributed by atoms with E-state index in [9.17, 15) is 0 Å². The fraction of sp³-hybridized carbons (Fsp3) is 1.00. The molecule has 0 radical (unpaired) electrons. The highest BCUT2D eigenvalue weighted by Crippen LogP contribution is 2.37. The smallest absolute Gasteiger partial charge is 0.0125 e. The van der Waals surface area contributed by atoms with Gasteiger partial charge in [-0.2, -0.15) is 0 Å². The Bertz CT molecular complexity index is 182. The van der Waals surface area contributed by atoms with Gasteiger partial charge < -0.3 is 0 Å². The number of rotatable bonds is 3. The SMILES string of the molecule is CCCCC1(C)CCN(C(C)(C)C)CC1. The van der Waals surface area contributed by atoms with Crippen LogP contribution in [0, 0.1) is 5.41 Å². The first-order valence-electron chi connectivity index (χ1n) is 6.62. The van der Waals surface area contributed by atoms with Crippen LogP contribution in [0.5, 0.6) is 0 Å². The van der Waals surface area contributed by atoms with Crippen LogP contribution in [-0.4, -0.2) is 23.5 Å². The highest BCUT2D eigenvalue weighted by Gasteiger charge is 2.33. The minimum Gasteiger partial charge on any atom is -0.298 e. The van der Waals surface area contributed by atoms with Gasteiger partial charge in [0.25, 0.3) is 0 Å². The van der Waals surface area contributed by atoms with Crippen molar-refractivity contribution in [3.05, 3.63) is 0 Å². The Morgan fingerprint density at radius 1 is 1.13 bits per heavy atom. The topological polar surface area (TPSA) is 3.24 Å². The number of likely N-dealkylation sites (tertiary alicyclic amines) is 1. The van der Waals surface area contributed by atoms with E-state index in [-0.39, 0.29) is 0 Å². The predicted octanol–water partition coefficient (Wildman–Crippen LogP) is 4.08. The third-order valence-electron chi connectivity index (χ3n) is 4.05. The van der Waals surface area contributed by atoms with Crippen LogP contribution in [-0.2, 0) is 0 Å². The van der Waals surface area contributed by atoms with Crippen molar-refractivity contribution in [3.63, 3.8) is 0 Å². The summed E-state index contributed by atoms with van der Waals surface area (Å²) >= 11 is 0. The summed E-state index contributed by atoms with van der Waals surface area (Å²) in [6.45, 7) is 14.4. The monoisotopic (exact) mass is 211 g/mol. The van der Waals surface area contributed by atoms with Gasteiger partial charge in [0.15, 0.2) is 0 Å². The summed E-state index contributed by atoms with van der Waals surface area (Å²) in [5.41, 5.74) is 1.00. The zero-order valence-corrected chi connectivity index (χ0v) is 11.4. The quantitative estimate of drug-likeness (QED) is 0.680. The summed E-state index contributed by atoms with van der Waals surface area (Å²) in [7, 11) is 0. The first kappa shape index (κ1) is 13.0. The molecule has 0 atom stereocenters. The van der Waals surface area contributed by atoms with Gasteiger partial charge >= 0.3 is 0 Å². The largest absolute Gasteiger partial charge is 0.298 e. The fourth-order valence-electron chi connectivity index (χ4n) is 2.57. The van der Waals surface area contributed by atoms with Crippen molar-refractivity contribution in [1.82, 2.24) is 4.90 Å². The molecule has 1 nitrogen and oxygen atoms in total. The maximum absolute atomic E-state index is 2.64. The van der Waals surface area contributed by atoms with E-state index in [4.69, 9.17) is 0 Å². The van der Waals surface area contributed by atoms with E-state index in [1.807, 2.05) is 0 Å². The molecule has 0 aliphatic carbocycles. The molecule has 0 N–H and O–H groups in total. The first-order valence-corrected chi connectivity index (χ1v) is 6.62. The van der Waals surface area contributed by atoms with E-state index in [1.54, 1.807) is 0 Å². The van der Waals surface area contributed by atoms with Crippen molar-refractivity contribution in [2.45, 2.75) is 72.3 Å². The normalized spacial score (nSPS) is 23.0. The molecule has 0 aromatic carbocycles. The van der Waals surface area contributed by atoms with Crippen molar-refractivity contribution >= 4 is 0 Å². The van der Waals surface area contributed by atoms with E-state index in [0.29, 0.717) is 11.0 Å². The molecule has 1 fully saturated rings. The molecule has 1 rings (SSSR count). The van der Waals surface area contributed by atoms with Gasteiger partial charge in [-0.15, -0.1) is 0 Å². The molecule has 0 spiro atoms. The maximum atomic E-state index is 2.64. The van der Waals surface area contributed by atoms with Crippen LogP contribution in [0.25, 0.3) is 0 Å². The number of nitrogens with zero attached hydrogens (tertiary/aromatic N) is 1. The Labute approximate surface area is 96.2 Å². The van der Waals surface area contributed by atoms with Gasteiger partial charge in [0.05, 0.1) is 0 Å². The summed E-state index contributed by atoms with van der Waals surface area (Å²) in [5.74, 6) is 0. The summed E-state index contributed by atoms with van der Waals surface area (Å²) in [6.07, 6.45) is 6.97. The number of piperidine rings is 1. The van der Waals surface area contributed by atoms with Crippen molar-refractivity contribution in [2.75, 3.05) is 13.1 Å². The van der Waals surface area contributed by atoms with Crippen LogP contribution in [0.4, 0.5) is 0 Å². The Morgan fingerprint density at radius 3 is 2.07 bits per heavy atom. The third-order valence-corrected chi connectivity index (χ3v) is 4.05. The van der Waals surface area contributed by atoms with Crippen LogP contribution >= 0.6 is 0 Å². The van der Waals surface area contributed by atoms with Gasteiger partial charge in [-0.25, -0.2) is 0 Å². The Kier molecular flexibility index (Phi) is 4.22. The summed E-state index contributed by atoms with van der Waals surface area (Å²) in [4.78, 5) is 2.64. The molecule has 1 heteroatoms. The van der Waals surface area contributed by atoms with Gasteiger partial charge in [-0.05, 0) is 58.5 Å². The second kappa shape index (κ2) is 4.86. The molecule has 90 valence electrons. The van der Waals surface area contributed by atoms with Crippen LogP contribution in [0.2, 0.25) is 0 Å². The van der Waals surface area contributed by atoms with Crippen molar-refractivity contribution in [1.29, 1.82) is 0 Å². The molecule has 1 saturated heterocycles. The minimum atomic E-state index is 0.367. The molecular formula is C14H29N. The second-order valence-corrected chi connectivity index (χ2v) is 6.57. The van der Waals surface area contributed by atoms with Crippen LogP contribution in [0.15, 0.2) is 0 Å². The Hall–Kier alpha value is -0.0400. The van der Waals surface area contributed by atoms with Crippen LogP contribution in [0.1, 0.15) is 66.7 Å². The van der Waals surface area contributed by atoms with E-state index < -0.39 is 0 Å². The summed E-state index contributed by atoms with van der Waals surface area (Å²) < 4.78 is 0. The summed E-state index contributed by atoms with van der Waals surface area (Å²) in [6, 6.07) is 0. The molecule has 0 amide bonds. The van der Waals surface area contributed by atoms with Crippen LogP contribution < -0.4 is 0 Å². The molecular weight excluding hydrogens is 182 g/mol. The lowest BCUT2D eigenvalue weighted by Gasteiger charge is -2.45. The first-order chi connectivity index (χ1) is 6.87. The molecule has 1 aliphatic heterocycles. The van der Waals surface area contributed by atoms with Crippen molar-refractivity contribution < 1.29 is 0 Å². The van der Waals surface area contributed by atoms with Gasteiger partial charge in [-0.1, -0.05) is 26.7 Å². The minimum absolute atomic E-state index is 0.367. The lowest BCUT2D eigenvalue weighted by molar-refractivity contribution is 0.0459. The fourth-order valence-corrected chi connectivity index (χ4v) is 2.57. The Morgan fingerprint density at radius 2 is 1.67 bits per heavy atom. The third kappa shape index (κ3) is 3.79. The zero-order valence-electron chi connectivity index (χ0n) is 11.4. The molecule has 0 bridgehead atoms. The lowest BCUT2D eigenvalue weighted by Crippen LogP contribution is -2.48. The predicted molar refractivity (Wildman–Crippen MR) is 68.2 cm³/mol. The van der Waals surface area contributed by atoms with E-state index in [0.717, 1.165) is 0 Å². The highest BCUT2D eigenvalue weighted by molar-refractivity contribution is 4.87. The number of hydrogen-bond donors (Lipinski definition) is 0. The van der Waals surface area contributed by atoms with E-state index in [1.165, 1.54) is 45.2 Å². The second-order valence-electron chi connectivity index (χ2n) is 6.57. The van der Waals surface area contributed by atoms with Gasteiger partial charge in [0, 0.05) is 5.54 Å². The van der Waals surface area contributed by atoms with E-state index >= 15 is 0 Å². The Balaban J connectivity index is 2.41. The molecule has 0 unspecified atom stereocenters. The number of unbranched alkanes of at least 4 members (excludes halogenated alkanes) is 1. The average molecular weight is 211 g/mol. The molecule has 1 heterocycles. The van der Waals surface area contributed by atoms with Crippen molar-refractivity contribution in [3.8, 4) is 0 Å². The number of hydrogen-bond acceptors (Lipinski definition) is 1.